The third kappa shape index (κ3) is 3.89. The van der Waals surface area contributed by atoms with Gasteiger partial charge in [-0.3, -0.25) is 0 Å². The van der Waals surface area contributed by atoms with Crippen LogP contribution < -0.4 is 5.32 Å². The fraction of sp³-hybridized carbons (Fsp3) is 0.857. The molecule has 0 amide bonds. The molecule has 2 atom stereocenters. The van der Waals surface area contributed by atoms with Crippen molar-refractivity contribution in [2.75, 3.05) is 11.9 Å². The molecule has 1 fully saturated rings. The van der Waals surface area contributed by atoms with E-state index in [1.165, 1.54) is 18.0 Å². The van der Waals surface area contributed by atoms with Crippen molar-refractivity contribution in [3.05, 3.63) is 5.82 Å². The Bertz CT molecular complexity index is 407. The molecule has 2 N–H and O–H groups in total. The molecule has 0 spiro atoms. The minimum absolute atomic E-state index is 0.0257. The van der Waals surface area contributed by atoms with Crippen molar-refractivity contribution in [3.8, 4) is 0 Å². The SMILES string of the molecule is CC(C)Cc1nsc(NCC2(C)CCCCC2O)n1. The smallest absolute Gasteiger partial charge is 0.202 e. The van der Waals surface area contributed by atoms with E-state index in [1.807, 2.05) is 0 Å². The Morgan fingerprint density at radius 2 is 2.26 bits per heavy atom. The lowest BCUT2D eigenvalue weighted by atomic mass is 9.73. The van der Waals surface area contributed by atoms with Gasteiger partial charge in [0.25, 0.3) is 0 Å². The van der Waals surface area contributed by atoms with E-state index in [1.54, 1.807) is 0 Å². The highest BCUT2D eigenvalue weighted by molar-refractivity contribution is 7.09. The summed E-state index contributed by atoms with van der Waals surface area (Å²) in [4.78, 5) is 4.51. The van der Waals surface area contributed by atoms with Gasteiger partial charge >= 0.3 is 0 Å². The highest BCUT2D eigenvalue weighted by atomic mass is 32.1. The number of aliphatic hydroxyl groups excluding tert-OH is 1. The van der Waals surface area contributed by atoms with Crippen LogP contribution in [0.1, 0.15) is 52.3 Å². The van der Waals surface area contributed by atoms with Crippen molar-refractivity contribution in [3.63, 3.8) is 0 Å². The van der Waals surface area contributed by atoms with Gasteiger partial charge in [0.2, 0.25) is 5.13 Å². The molecule has 0 aromatic carbocycles. The summed E-state index contributed by atoms with van der Waals surface area (Å²) in [5.41, 5.74) is -0.0257. The van der Waals surface area contributed by atoms with Crippen LogP contribution in [0.3, 0.4) is 0 Å². The number of rotatable bonds is 5. The molecule has 1 heterocycles. The fourth-order valence-electron chi connectivity index (χ4n) is 2.64. The standard InChI is InChI=1S/C14H25N3OS/c1-10(2)8-12-16-13(19-17-12)15-9-14(3)7-5-4-6-11(14)18/h10-11,18H,4-9H2,1-3H3,(H,15,16,17). The second-order valence-electron chi connectivity index (χ2n) is 6.38. The molecule has 4 nitrogen and oxygen atoms in total. The van der Waals surface area contributed by atoms with Gasteiger partial charge in [0, 0.05) is 29.9 Å². The average molecular weight is 283 g/mol. The quantitative estimate of drug-likeness (QED) is 0.872. The van der Waals surface area contributed by atoms with E-state index in [0.717, 1.165) is 43.2 Å². The first-order chi connectivity index (χ1) is 8.99. The van der Waals surface area contributed by atoms with Gasteiger partial charge < -0.3 is 10.4 Å². The molecule has 108 valence electrons. The normalized spacial score (nSPS) is 27.7. The van der Waals surface area contributed by atoms with E-state index in [9.17, 15) is 5.11 Å². The Morgan fingerprint density at radius 1 is 1.47 bits per heavy atom. The maximum Gasteiger partial charge on any atom is 0.202 e. The lowest BCUT2D eigenvalue weighted by molar-refractivity contribution is 0.00963. The molecule has 5 heteroatoms. The Hall–Kier alpha value is -0.680. The molecular formula is C14H25N3OS. The molecule has 2 rings (SSSR count). The zero-order valence-electron chi connectivity index (χ0n) is 12.1. The molecule has 1 aliphatic rings. The molecule has 2 unspecified atom stereocenters. The fourth-order valence-corrected chi connectivity index (χ4v) is 3.23. The summed E-state index contributed by atoms with van der Waals surface area (Å²) in [6.45, 7) is 7.30. The van der Waals surface area contributed by atoms with Crippen LogP contribution in [0.4, 0.5) is 5.13 Å². The van der Waals surface area contributed by atoms with Gasteiger partial charge in [-0.2, -0.15) is 4.37 Å². The highest BCUT2D eigenvalue weighted by Crippen LogP contribution is 2.36. The molecule has 0 aliphatic heterocycles. The highest BCUT2D eigenvalue weighted by Gasteiger charge is 2.35. The van der Waals surface area contributed by atoms with Crippen molar-refractivity contribution in [2.45, 2.75) is 59.0 Å². The molecular weight excluding hydrogens is 258 g/mol. The van der Waals surface area contributed by atoms with Gasteiger partial charge in [-0.05, 0) is 18.8 Å². The van der Waals surface area contributed by atoms with Crippen molar-refractivity contribution in [1.82, 2.24) is 9.36 Å². The van der Waals surface area contributed by atoms with Gasteiger partial charge in [0.05, 0.1) is 6.10 Å². The van der Waals surface area contributed by atoms with Gasteiger partial charge in [-0.25, -0.2) is 4.98 Å². The number of hydrogen-bond acceptors (Lipinski definition) is 5. The molecule has 0 radical (unpaired) electrons. The zero-order chi connectivity index (χ0) is 13.9. The number of hydrogen-bond donors (Lipinski definition) is 2. The number of aliphatic hydroxyl groups is 1. The van der Waals surface area contributed by atoms with Crippen LogP contribution in [0.15, 0.2) is 0 Å². The maximum atomic E-state index is 10.2. The summed E-state index contributed by atoms with van der Waals surface area (Å²) in [6.07, 6.45) is 5.10. The van der Waals surface area contributed by atoms with Crippen LogP contribution in [0.25, 0.3) is 0 Å². The molecule has 1 saturated carbocycles. The number of nitrogens with one attached hydrogen (secondary N) is 1. The van der Waals surface area contributed by atoms with Crippen LogP contribution in [-0.2, 0) is 6.42 Å². The lowest BCUT2D eigenvalue weighted by Crippen LogP contribution is -2.41. The van der Waals surface area contributed by atoms with E-state index in [2.05, 4.69) is 35.4 Å². The summed E-state index contributed by atoms with van der Waals surface area (Å²) >= 11 is 1.43. The summed E-state index contributed by atoms with van der Waals surface area (Å²) in [5, 5.41) is 14.4. The Balaban J connectivity index is 1.89. The van der Waals surface area contributed by atoms with Crippen LogP contribution in [0, 0.1) is 11.3 Å². The van der Waals surface area contributed by atoms with E-state index >= 15 is 0 Å². The van der Waals surface area contributed by atoms with Gasteiger partial charge in [-0.1, -0.05) is 33.6 Å². The topological polar surface area (TPSA) is 58.0 Å². The molecule has 1 aliphatic carbocycles. The Morgan fingerprint density at radius 3 is 2.95 bits per heavy atom. The summed E-state index contributed by atoms with van der Waals surface area (Å²) < 4.78 is 4.37. The molecule has 1 aromatic heterocycles. The third-order valence-corrected chi connectivity index (χ3v) is 4.69. The number of nitrogens with zero attached hydrogens (tertiary/aromatic N) is 2. The summed E-state index contributed by atoms with van der Waals surface area (Å²) in [6, 6.07) is 0. The predicted molar refractivity (Wildman–Crippen MR) is 79.5 cm³/mol. The largest absolute Gasteiger partial charge is 0.392 e. The van der Waals surface area contributed by atoms with E-state index in [-0.39, 0.29) is 11.5 Å². The van der Waals surface area contributed by atoms with Gasteiger partial charge in [0.1, 0.15) is 5.82 Å². The van der Waals surface area contributed by atoms with Gasteiger partial charge in [0.15, 0.2) is 0 Å². The van der Waals surface area contributed by atoms with Crippen LogP contribution in [-0.4, -0.2) is 27.1 Å². The van der Waals surface area contributed by atoms with Crippen molar-refractivity contribution < 1.29 is 5.11 Å². The Kier molecular flexibility index (Phi) is 4.79. The zero-order valence-corrected chi connectivity index (χ0v) is 13.0. The lowest BCUT2D eigenvalue weighted by Gasteiger charge is -2.38. The second-order valence-corrected chi connectivity index (χ2v) is 7.13. The molecule has 19 heavy (non-hydrogen) atoms. The Labute approximate surface area is 119 Å². The predicted octanol–water partition coefficient (Wildman–Crippen LogP) is 3.09. The minimum Gasteiger partial charge on any atom is -0.392 e. The first-order valence-electron chi connectivity index (χ1n) is 7.24. The van der Waals surface area contributed by atoms with Crippen molar-refractivity contribution in [1.29, 1.82) is 0 Å². The number of aromatic nitrogens is 2. The van der Waals surface area contributed by atoms with E-state index in [4.69, 9.17) is 0 Å². The maximum absolute atomic E-state index is 10.2. The first kappa shape index (κ1) is 14.7. The first-order valence-corrected chi connectivity index (χ1v) is 8.01. The van der Waals surface area contributed by atoms with Crippen LogP contribution >= 0.6 is 11.5 Å². The third-order valence-electron chi connectivity index (χ3n) is 3.98. The van der Waals surface area contributed by atoms with Crippen LogP contribution in [0.5, 0.6) is 0 Å². The van der Waals surface area contributed by atoms with E-state index in [0.29, 0.717) is 5.92 Å². The molecule has 0 saturated heterocycles. The van der Waals surface area contributed by atoms with E-state index < -0.39 is 0 Å². The summed E-state index contributed by atoms with van der Waals surface area (Å²) in [5.74, 6) is 1.51. The average Bonchev–Trinajstić information content (AvgIpc) is 2.78. The monoisotopic (exact) mass is 283 g/mol. The second kappa shape index (κ2) is 6.18. The van der Waals surface area contributed by atoms with Gasteiger partial charge in [-0.15, -0.1) is 0 Å². The summed E-state index contributed by atoms with van der Waals surface area (Å²) in [7, 11) is 0. The van der Waals surface area contributed by atoms with Crippen LogP contribution in [0.2, 0.25) is 0 Å². The minimum atomic E-state index is -0.197. The van der Waals surface area contributed by atoms with Crippen molar-refractivity contribution >= 4 is 16.7 Å². The molecule has 1 aromatic rings. The molecule has 0 bridgehead atoms. The number of anilines is 1. The van der Waals surface area contributed by atoms with Crippen molar-refractivity contribution in [2.24, 2.45) is 11.3 Å².